The van der Waals surface area contributed by atoms with Crippen molar-refractivity contribution >= 4 is 17.6 Å². The van der Waals surface area contributed by atoms with Gasteiger partial charge in [-0.1, -0.05) is 54.1 Å². The number of allylic oxidation sites excluding steroid dienone is 2. The average Bonchev–Trinajstić information content (AvgIpc) is 2.68. The van der Waals surface area contributed by atoms with Crippen molar-refractivity contribution < 1.29 is 14.3 Å². The zero-order chi connectivity index (χ0) is 20.3. The SMILES string of the molecule is CCOC(=O)C1=C(C)OC(N)=C(C#N)C1c1ccccc1-c1ccccc1Cl. The molecule has 0 saturated carbocycles. The van der Waals surface area contributed by atoms with Crippen molar-refractivity contribution in [3.05, 3.63) is 81.9 Å². The Morgan fingerprint density at radius 2 is 1.86 bits per heavy atom. The van der Waals surface area contributed by atoms with Crippen molar-refractivity contribution in [2.24, 2.45) is 5.73 Å². The van der Waals surface area contributed by atoms with Crippen molar-refractivity contribution in [3.63, 3.8) is 0 Å². The van der Waals surface area contributed by atoms with Crippen LogP contribution in [0.1, 0.15) is 25.3 Å². The fraction of sp³-hybridized carbons (Fsp3) is 0.182. The number of halogens is 1. The molecule has 0 aromatic heterocycles. The van der Waals surface area contributed by atoms with Crippen LogP contribution in [-0.4, -0.2) is 12.6 Å². The molecule has 0 radical (unpaired) electrons. The summed E-state index contributed by atoms with van der Waals surface area (Å²) in [6, 6.07) is 17.0. The van der Waals surface area contributed by atoms with Crippen molar-refractivity contribution in [2.75, 3.05) is 6.61 Å². The first-order valence-corrected chi connectivity index (χ1v) is 9.16. The molecule has 1 unspecified atom stereocenters. The Morgan fingerprint density at radius 1 is 1.21 bits per heavy atom. The highest BCUT2D eigenvalue weighted by Gasteiger charge is 2.37. The smallest absolute Gasteiger partial charge is 0.338 e. The number of esters is 1. The van der Waals surface area contributed by atoms with Crippen LogP contribution in [0, 0.1) is 11.3 Å². The van der Waals surface area contributed by atoms with Crippen molar-refractivity contribution in [3.8, 4) is 17.2 Å². The number of nitrogens with zero attached hydrogens (tertiary/aromatic N) is 1. The number of nitrogens with two attached hydrogens (primary N) is 1. The molecule has 0 fully saturated rings. The van der Waals surface area contributed by atoms with E-state index >= 15 is 0 Å². The largest absolute Gasteiger partial charge is 0.463 e. The molecule has 2 N–H and O–H groups in total. The first-order chi connectivity index (χ1) is 13.5. The van der Waals surface area contributed by atoms with Crippen LogP contribution in [0.3, 0.4) is 0 Å². The molecule has 5 nitrogen and oxygen atoms in total. The van der Waals surface area contributed by atoms with Gasteiger partial charge in [0, 0.05) is 10.6 Å². The van der Waals surface area contributed by atoms with E-state index in [0.717, 1.165) is 16.7 Å². The minimum absolute atomic E-state index is 0.0213. The summed E-state index contributed by atoms with van der Waals surface area (Å²) in [5.41, 5.74) is 8.72. The summed E-state index contributed by atoms with van der Waals surface area (Å²) in [4.78, 5) is 12.7. The quantitative estimate of drug-likeness (QED) is 0.762. The highest BCUT2D eigenvalue weighted by molar-refractivity contribution is 6.33. The molecule has 28 heavy (non-hydrogen) atoms. The molecule has 0 aliphatic carbocycles. The summed E-state index contributed by atoms with van der Waals surface area (Å²) in [5.74, 6) is -0.967. The average molecular weight is 395 g/mol. The second-order valence-corrected chi connectivity index (χ2v) is 6.59. The number of carbonyl (C=O) groups excluding carboxylic acids is 1. The molecule has 2 aromatic rings. The molecule has 0 saturated heterocycles. The van der Waals surface area contributed by atoms with Crippen LogP contribution < -0.4 is 5.73 Å². The maximum Gasteiger partial charge on any atom is 0.338 e. The van der Waals surface area contributed by atoms with Crippen LogP contribution in [-0.2, 0) is 14.3 Å². The standard InChI is InChI=1S/C22H19ClN2O3/c1-3-27-22(26)19-13(2)28-21(25)17(12-24)20(19)16-10-5-4-8-14(16)15-9-6-7-11-18(15)23/h4-11,20H,3,25H2,1-2H3. The maximum atomic E-state index is 12.7. The zero-order valence-electron chi connectivity index (χ0n) is 15.5. The topological polar surface area (TPSA) is 85.3 Å². The lowest BCUT2D eigenvalue weighted by Gasteiger charge is -2.28. The number of carbonyl (C=O) groups is 1. The molecule has 3 rings (SSSR count). The Bertz CT molecular complexity index is 1030. The van der Waals surface area contributed by atoms with Gasteiger partial charge in [-0.25, -0.2) is 4.79 Å². The van der Waals surface area contributed by atoms with Gasteiger partial charge in [0.2, 0.25) is 5.88 Å². The Labute approximate surface area is 168 Å². The first kappa shape index (κ1) is 19.5. The van der Waals surface area contributed by atoms with E-state index in [2.05, 4.69) is 6.07 Å². The summed E-state index contributed by atoms with van der Waals surface area (Å²) in [6.07, 6.45) is 0. The van der Waals surface area contributed by atoms with Gasteiger partial charge in [0.05, 0.1) is 18.1 Å². The number of benzene rings is 2. The summed E-state index contributed by atoms with van der Waals surface area (Å²) in [6.45, 7) is 3.56. The molecule has 1 aliphatic heterocycles. The Hall–Kier alpha value is -3.23. The van der Waals surface area contributed by atoms with Crippen LogP contribution in [0.4, 0.5) is 0 Å². The minimum atomic E-state index is -0.717. The van der Waals surface area contributed by atoms with Crippen LogP contribution in [0.5, 0.6) is 0 Å². The molecule has 142 valence electrons. The molecule has 6 heteroatoms. The third-order valence-corrected chi connectivity index (χ3v) is 4.87. The lowest BCUT2D eigenvalue weighted by molar-refractivity contribution is -0.139. The molecule has 0 amide bonds. The Kier molecular flexibility index (Phi) is 5.72. The normalized spacial score (nSPS) is 16.4. The second-order valence-electron chi connectivity index (χ2n) is 6.18. The number of nitriles is 1. The van der Waals surface area contributed by atoms with E-state index in [1.54, 1.807) is 19.9 Å². The van der Waals surface area contributed by atoms with Crippen molar-refractivity contribution in [1.29, 1.82) is 5.26 Å². The summed E-state index contributed by atoms with van der Waals surface area (Å²) in [5, 5.41) is 10.3. The Morgan fingerprint density at radius 3 is 2.50 bits per heavy atom. The summed E-state index contributed by atoms with van der Waals surface area (Å²) in [7, 11) is 0. The third kappa shape index (κ3) is 3.47. The maximum absolute atomic E-state index is 12.7. The first-order valence-electron chi connectivity index (χ1n) is 8.78. The molecule has 1 aliphatic rings. The fourth-order valence-electron chi connectivity index (χ4n) is 3.34. The molecule has 1 atom stereocenters. The van der Waals surface area contributed by atoms with E-state index in [0.29, 0.717) is 10.8 Å². The second kappa shape index (κ2) is 8.20. The van der Waals surface area contributed by atoms with Gasteiger partial charge in [-0.3, -0.25) is 0 Å². The van der Waals surface area contributed by atoms with E-state index in [-0.39, 0.29) is 23.6 Å². The van der Waals surface area contributed by atoms with Crippen molar-refractivity contribution in [2.45, 2.75) is 19.8 Å². The molecular weight excluding hydrogens is 376 g/mol. The molecule has 0 spiro atoms. The summed E-state index contributed by atoms with van der Waals surface area (Å²) >= 11 is 6.42. The van der Waals surface area contributed by atoms with Gasteiger partial charge >= 0.3 is 5.97 Å². The number of rotatable bonds is 4. The van der Waals surface area contributed by atoms with Crippen LogP contribution in [0.2, 0.25) is 5.02 Å². The van der Waals surface area contributed by atoms with Crippen LogP contribution >= 0.6 is 11.6 Å². The fourth-order valence-corrected chi connectivity index (χ4v) is 3.58. The van der Waals surface area contributed by atoms with Gasteiger partial charge < -0.3 is 15.2 Å². The van der Waals surface area contributed by atoms with E-state index in [4.69, 9.17) is 26.8 Å². The van der Waals surface area contributed by atoms with Gasteiger partial charge in [-0.05, 0) is 31.0 Å². The van der Waals surface area contributed by atoms with E-state index < -0.39 is 11.9 Å². The monoisotopic (exact) mass is 394 g/mol. The van der Waals surface area contributed by atoms with Gasteiger partial charge in [0.1, 0.15) is 17.4 Å². The number of hydrogen-bond acceptors (Lipinski definition) is 5. The van der Waals surface area contributed by atoms with E-state index in [1.807, 2.05) is 42.5 Å². The molecular formula is C22H19ClN2O3. The number of ether oxygens (including phenoxy) is 2. The van der Waals surface area contributed by atoms with Crippen LogP contribution in [0.25, 0.3) is 11.1 Å². The van der Waals surface area contributed by atoms with Gasteiger partial charge in [-0.2, -0.15) is 5.26 Å². The van der Waals surface area contributed by atoms with Gasteiger partial charge in [0.25, 0.3) is 0 Å². The van der Waals surface area contributed by atoms with E-state index in [1.165, 1.54) is 0 Å². The van der Waals surface area contributed by atoms with Crippen molar-refractivity contribution in [1.82, 2.24) is 0 Å². The molecule has 1 heterocycles. The molecule has 2 aromatic carbocycles. The highest BCUT2D eigenvalue weighted by atomic mass is 35.5. The third-order valence-electron chi connectivity index (χ3n) is 4.54. The minimum Gasteiger partial charge on any atom is -0.463 e. The lowest BCUT2D eigenvalue weighted by atomic mass is 9.79. The van der Waals surface area contributed by atoms with Gasteiger partial charge in [-0.15, -0.1) is 0 Å². The highest BCUT2D eigenvalue weighted by Crippen LogP contribution is 2.44. The number of hydrogen-bond donors (Lipinski definition) is 1. The summed E-state index contributed by atoms with van der Waals surface area (Å²) < 4.78 is 10.7. The molecule has 0 bridgehead atoms. The lowest BCUT2D eigenvalue weighted by Crippen LogP contribution is -2.26. The predicted octanol–water partition coefficient (Wildman–Crippen LogP) is 4.65. The predicted molar refractivity (Wildman–Crippen MR) is 107 cm³/mol. The van der Waals surface area contributed by atoms with Crippen LogP contribution in [0.15, 0.2) is 71.3 Å². The van der Waals surface area contributed by atoms with E-state index in [9.17, 15) is 10.1 Å². The van der Waals surface area contributed by atoms with Gasteiger partial charge in [0.15, 0.2) is 0 Å². The Balaban J connectivity index is 2.27. The zero-order valence-corrected chi connectivity index (χ0v) is 16.3.